The number of unbranched alkanes of at least 4 members (excludes halogenated alkanes) is 15. The molecule has 1 aromatic rings. The van der Waals surface area contributed by atoms with Crippen molar-refractivity contribution >= 4 is 0 Å². The molecule has 0 aliphatic rings. The molecule has 0 amide bonds. The van der Waals surface area contributed by atoms with Gasteiger partial charge in [0.2, 0.25) is 0 Å². The Balaban J connectivity index is 1.76. The van der Waals surface area contributed by atoms with Crippen molar-refractivity contribution < 1.29 is 0 Å². The summed E-state index contributed by atoms with van der Waals surface area (Å²) in [5, 5.41) is 0. The van der Waals surface area contributed by atoms with E-state index in [1.54, 1.807) is 5.92 Å². The molecule has 0 nitrogen and oxygen atoms in total. The molecule has 0 heterocycles. The van der Waals surface area contributed by atoms with Crippen molar-refractivity contribution in [2.45, 2.75) is 123 Å². The Morgan fingerprint density at radius 1 is 0.538 bits per heavy atom. The summed E-state index contributed by atoms with van der Waals surface area (Å²) in [6.45, 7) is 4.59. The van der Waals surface area contributed by atoms with Gasteiger partial charge in [-0.25, -0.2) is 0 Å². The second kappa shape index (κ2) is 17.6. The average Bonchev–Trinajstić information content (AvgIpc) is 2.68. The number of rotatable bonds is 18. The Hall–Kier alpha value is -0.780. The van der Waals surface area contributed by atoms with Gasteiger partial charge in [-0.3, -0.25) is 0 Å². The molecule has 1 rings (SSSR count). The van der Waals surface area contributed by atoms with Crippen LogP contribution in [0.2, 0.25) is 0 Å². The Kier molecular flexibility index (Phi) is 15.8. The van der Waals surface area contributed by atoms with Gasteiger partial charge in [-0.15, -0.1) is 0 Å². The second-order valence-corrected chi connectivity index (χ2v) is 8.20. The summed E-state index contributed by atoms with van der Waals surface area (Å²) >= 11 is 0. The molecule has 26 heavy (non-hydrogen) atoms. The van der Waals surface area contributed by atoms with Crippen LogP contribution in [0.4, 0.5) is 0 Å². The monoisotopic (exact) mass is 357 g/mol. The smallest absolute Gasteiger partial charge is 0.00189 e. The van der Waals surface area contributed by atoms with Gasteiger partial charge in [0.05, 0.1) is 0 Å². The van der Waals surface area contributed by atoms with Gasteiger partial charge in [0.15, 0.2) is 0 Å². The molecule has 0 spiro atoms. The van der Waals surface area contributed by atoms with E-state index in [0.29, 0.717) is 0 Å². The zero-order chi connectivity index (χ0) is 18.7. The first-order chi connectivity index (χ1) is 12.8. The minimum Gasteiger partial charge on any atom is -0.0654 e. The van der Waals surface area contributed by atoms with Crippen LogP contribution >= 0.6 is 0 Å². The first kappa shape index (κ1) is 23.3. The third kappa shape index (κ3) is 13.4. The largest absolute Gasteiger partial charge is 0.0654 e. The molecule has 0 N–H and O–H groups in total. The third-order valence-electron chi connectivity index (χ3n) is 5.67. The zero-order valence-corrected chi connectivity index (χ0v) is 17.9. The van der Waals surface area contributed by atoms with Crippen LogP contribution in [0, 0.1) is 5.92 Å². The van der Waals surface area contributed by atoms with E-state index in [2.05, 4.69) is 44.2 Å². The van der Waals surface area contributed by atoms with Gasteiger partial charge in [0, 0.05) is 5.92 Å². The van der Waals surface area contributed by atoms with E-state index >= 15 is 0 Å². The van der Waals surface area contributed by atoms with Crippen molar-refractivity contribution in [1.82, 2.24) is 0 Å². The summed E-state index contributed by atoms with van der Waals surface area (Å²) in [4.78, 5) is 0. The molecule has 149 valence electrons. The van der Waals surface area contributed by atoms with Gasteiger partial charge in [-0.1, -0.05) is 147 Å². The highest BCUT2D eigenvalue weighted by Gasteiger charge is 2.04. The molecule has 0 heteroatoms. The van der Waals surface area contributed by atoms with Crippen molar-refractivity contribution in [2.24, 2.45) is 0 Å². The summed E-state index contributed by atoms with van der Waals surface area (Å²) in [6.07, 6.45) is 24.4. The summed E-state index contributed by atoms with van der Waals surface area (Å²) in [5.74, 6) is 1.55. The quantitative estimate of drug-likeness (QED) is 0.230. The van der Waals surface area contributed by atoms with Crippen LogP contribution < -0.4 is 0 Å². The van der Waals surface area contributed by atoms with Crippen LogP contribution in [0.1, 0.15) is 129 Å². The molecule has 0 bridgehead atoms. The SMILES string of the molecule is CCCCCCCCCCCCCCCCCC[C](C)c1ccccc1. The molecular formula is C26H45. The van der Waals surface area contributed by atoms with E-state index < -0.39 is 0 Å². The number of hydrogen-bond acceptors (Lipinski definition) is 0. The van der Waals surface area contributed by atoms with Crippen LogP contribution in [-0.2, 0) is 0 Å². The minimum absolute atomic E-state index is 1.27. The molecule has 0 unspecified atom stereocenters. The lowest BCUT2D eigenvalue weighted by Crippen LogP contribution is -1.94. The highest BCUT2D eigenvalue weighted by Crippen LogP contribution is 2.21. The Bertz CT molecular complexity index is 380. The van der Waals surface area contributed by atoms with Crippen LogP contribution in [0.5, 0.6) is 0 Å². The van der Waals surface area contributed by atoms with Crippen LogP contribution in [-0.4, -0.2) is 0 Å². The van der Waals surface area contributed by atoms with E-state index in [1.165, 1.54) is 115 Å². The molecular weight excluding hydrogens is 312 g/mol. The van der Waals surface area contributed by atoms with Crippen molar-refractivity contribution in [1.29, 1.82) is 0 Å². The Morgan fingerprint density at radius 2 is 0.923 bits per heavy atom. The highest BCUT2D eigenvalue weighted by atomic mass is 14.1. The molecule has 0 fully saturated rings. The maximum Gasteiger partial charge on any atom is 0.00189 e. The standard InChI is InChI=1S/C26H45/c1-3-4-5-6-7-8-9-10-11-12-13-14-15-16-17-19-22-25(2)26-23-20-18-21-24-26/h18,20-21,23-24H,3-17,19,22H2,1-2H3. The van der Waals surface area contributed by atoms with Gasteiger partial charge in [-0.05, 0) is 12.0 Å². The van der Waals surface area contributed by atoms with E-state index in [9.17, 15) is 0 Å². The van der Waals surface area contributed by atoms with Gasteiger partial charge >= 0.3 is 0 Å². The molecule has 0 aliphatic carbocycles. The van der Waals surface area contributed by atoms with Crippen LogP contribution in [0.15, 0.2) is 30.3 Å². The summed E-state index contributed by atoms with van der Waals surface area (Å²) in [7, 11) is 0. The predicted molar refractivity (Wildman–Crippen MR) is 119 cm³/mol. The maximum atomic E-state index is 2.30. The summed E-state index contributed by atoms with van der Waals surface area (Å²) in [6, 6.07) is 10.9. The van der Waals surface area contributed by atoms with Crippen molar-refractivity contribution in [3.8, 4) is 0 Å². The molecule has 1 aromatic carbocycles. The first-order valence-corrected chi connectivity index (χ1v) is 11.7. The molecule has 0 aliphatic heterocycles. The van der Waals surface area contributed by atoms with Crippen molar-refractivity contribution in [2.75, 3.05) is 0 Å². The predicted octanol–water partition coefficient (Wildman–Crippen LogP) is 9.28. The van der Waals surface area contributed by atoms with Gasteiger partial charge in [0.1, 0.15) is 0 Å². The summed E-state index contributed by atoms with van der Waals surface area (Å²) < 4.78 is 0. The van der Waals surface area contributed by atoms with Crippen molar-refractivity contribution in [3.63, 3.8) is 0 Å². The van der Waals surface area contributed by atoms with Gasteiger partial charge < -0.3 is 0 Å². The van der Waals surface area contributed by atoms with Gasteiger partial charge in [0.25, 0.3) is 0 Å². The van der Waals surface area contributed by atoms with E-state index in [-0.39, 0.29) is 0 Å². The van der Waals surface area contributed by atoms with E-state index in [1.807, 2.05) is 0 Å². The minimum atomic E-state index is 1.27. The fourth-order valence-electron chi connectivity index (χ4n) is 3.81. The lowest BCUT2D eigenvalue weighted by Gasteiger charge is -2.10. The highest BCUT2D eigenvalue weighted by molar-refractivity contribution is 5.28. The lowest BCUT2D eigenvalue weighted by atomic mass is 9.95. The summed E-state index contributed by atoms with van der Waals surface area (Å²) in [5.41, 5.74) is 1.42. The van der Waals surface area contributed by atoms with Crippen molar-refractivity contribution in [3.05, 3.63) is 41.8 Å². The van der Waals surface area contributed by atoms with Gasteiger partial charge in [-0.2, -0.15) is 0 Å². The number of benzene rings is 1. The Morgan fingerprint density at radius 3 is 1.35 bits per heavy atom. The topological polar surface area (TPSA) is 0 Å². The second-order valence-electron chi connectivity index (χ2n) is 8.20. The molecule has 0 saturated carbocycles. The number of hydrogen-bond donors (Lipinski definition) is 0. The lowest BCUT2D eigenvalue weighted by molar-refractivity contribution is 0.528. The molecule has 0 saturated heterocycles. The maximum absolute atomic E-state index is 2.30. The van der Waals surface area contributed by atoms with E-state index in [0.717, 1.165) is 0 Å². The fraction of sp³-hybridized carbons (Fsp3) is 0.731. The molecule has 1 radical (unpaired) electrons. The van der Waals surface area contributed by atoms with E-state index in [4.69, 9.17) is 0 Å². The average molecular weight is 358 g/mol. The molecule has 0 aromatic heterocycles. The van der Waals surface area contributed by atoms with Crippen LogP contribution in [0.3, 0.4) is 0 Å². The zero-order valence-electron chi connectivity index (χ0n) is 17.9. The third-order valence-corrected chi connectivity index (χ3v) is 5.67. The normalized spacial score (nSPS) is 11.3. The fourth-order valence-corrected chi connectivity index (χ4v) is 3.81. The Labute approximate surface area is 165 Å². The first-order valence-electron chi connectivity index (χ1n) is 11.7. The molecule has 0 atom stereocenters. The van der Waals surface area contributed by atoms with Crippen LogP contribution in [0.25, 0.3) is 0 Å².